The number of hydrogen-bond donors (Lipinski definition) is 4. The van der Waals surface area contributed by atoms with Gasteiger partial charge < -0.3 is 17.2 Å². The number of benzene rings is 2. The Morgan fingerprint density at radius 3 is 2.50 bits per heavy atom. The van der Waals surface area contributed by atoms with Gasteiger partial charge in [0.1, 0.15) is 17.4 Å². The number of nitrogens with two attached hydrogens (primary N) is 3. The van der Waals surface area contributed by atoms with Crippen molar-refractivity contribution in [2.24, 2.45) is 23.1 Å². The number of nitrogens with zero attached hydrogens (tertiary/aromatic N) is 2. The molecule has 7 N–H and O–H groups in total. The van der Waals surface area contributed by atoms with Gasteiger partial charge in [-0.1, -0.05) is 42.5 Å². The summed E-state index contributed by atoms with van der Waals surface area (Å²) in [4.78, 5) is 13.3. The lowest BCUT2D eigenvalue weighted by Crippen LogP contribution is -2.76. The number of primary amides is 1. The summed E-state index contributed by atoms with van der Waals surface area (Å²) in [6.45, 7) is 0.0818. The molecular weight excluding hydrogens is 548 g/mol. The summed E-state index contributed by atoms with van der Waals surface area (Å²) in [6.07, 6.45) is 0.758. The van der Waals surface area contributed by atoms with E-state index in [1.165, 1.54) is 24.3 Å². The number of hydrazine groups is 1. The Bertz CT molecular complexity index is 1490. The second-order valence-corrected chi connectivity index (χ2v) is 11.1. The monoisotopic (exact) mass is 580 g/mol. The zero-order chi connectivity index (χ0) is 30.3. The molecule has 11 heteroatoms. The van der Waals surface area contributed by atoms with Crippen LogP contribution in [0, 0.1) is 17.2 Å². The molecule has 220 valence electrons. The lowest BCUT2D eigenvalue weighted by Gasteiger charge is -2.49. The molecule has 3 aliphatic rings. The van der Waals surface area contributed by atoms with Crippen molar-refractivity contribution in [3.8, 4) is 6.07 Å². The van der Waals surface area contributed by atoms with E-state index in [1.807, 2.05) is 12.1 Å². The van der Waals surface area contributed by atoms with E-state index in [9.17, 15) is 18.0 Å². The molecule has 2 aromatic carbocycles. The topological polar surface area (TPSA) is 134 Å². The number of nitrogens with one attached hydrogen (secondary N) is 1. The predicted octanol–water partition coefficient (Wildman–Crippen LogP) is 4.52. The second kappa shape index (κ2) is 10.9. The van der Waals surface area contributed by atoms with Gasteiger partial charge in [-0.25, -0.2) is 4.39 Å². The van der Waals surface area contributed by atoms with Gasteiger partial charge in [-0.3, -0.25) is 15.2 Å². The normalized spacial score (nSPS) is 26.2. The Hall–Kier alpha value is -4.14. The molecular formula is C31H32F4N6O. The molecule has 2 aromatic rings. The van der Waals surface area contributed by atoms with Crippen molar-refractivity contribution in [1.82, 2.24) is 5.43 Å². The lowest BCUT2D eigenvalue weighted by molar-refractivity contribution is -0.123. The van der Waals surface area contributed by atoms with Gasteiger partial charge in [0.25, 0.3) is 5.91 Å². The van der Waals surface area contributed by atoms with Crippen molar-refractivity contribution in [2.75, 3.05) is 5.01 Å². The Morgan fingerprint density at radius 1 is 1.19 bits per heavy atom. The van der Waals surface area contributed by atoms with E-state index in [4.69, 9.17) is 22.5 Å². The van der Waals surface area contributed by atoms with Gasteiger partial charge in [0.2, 0.25) is 0 Å². The average Bonchev–Trinajstić information content (AvgIpc) is 3.71. The molecule has 0 saturated heterocycles. The van der Waals surface area contributed by atoms with Crippen LogP contribution >= 0.6 is 0 Å². The van der Waals surface area contributed by atoms with Crippen molar-refractivity contribution in [3.63, 3.8) is 0 Å². The van der Waals surface area contributed by atoms with Gasteiger partial charge in [-0.05, 0) is 84.6 Å². The van der Waals surface area contributed by atoms with Gasteiger partial charge in [-0.2, -0.15) is 18.4 Å². The molecule has 0 bridgehead atoms. The summed E-state index contributed by atoms with van der Waals surface area (Å²) < 4.78 is 58.9. The molecule has 1 aliphatic heterocycles. The first-order valence-electron chi connectivity index (χ1n) is 13.7. The fourth-order valence-corrected chi connectivity index (χ4v) is 6.10. The minimum absolute atomic E-state index is 0.0818. The van der Waals surface area contributed by atoms with Crippen LogP contribution in [0.25, 0.3) is 0 Å². The predicted molar refractivity (Wildman–Crippen MR) is 151 cm³/mol. The molecule has 0 aromatic heterocycles. The number of halogens is 4. The molecule has 4 atom stereocenters. The standard InChI is InChI=1S/C31H32F4N6O/c32-27-23(12-13-25(22-10-11-22)21-8-6-19(17-36)7-9-21)4-2-14-29(27,39)30(28(38)42)16-26(31(33,34)35)40-41(30)24-5-1-3-20(15-24)18-37/h1-9,14-16,22,25,27,40H,10-13,18,37,39H2,(H2,38,42). The first-order chi connectivity index (χ1) is 19.9. The Labute approximate surface area is 241 Å². The summed E-state index contributed by atoms with van der Waals surface area (Å²) in [6, 6.07) is 15.6. The number of carbonyl (C=O) groups excluding carboxylic acids is 1. The van der Waals surface area contributed by atoms with Gasteiger partial charge in [0, 0.05) is 6.54 Å². The first-order valence-corrected chi connectivity index (χ1v) is 13.7. The SMILES string of the molecule is N#Cc1ccc(C(CCC2=CC=CC(N)(C3(C(N)=O)C=C(C(F)(F)F)NN3c3cccc(CN)c3)C2F)C2CC2)cc1. The number of rotatable bonds is 9. The maximum atomic E-state index is 16.7. The van der Waals surface area contributed by atoms with Crippen molar-refractivity contribution < 1.29 is 22.4 Å². The zero-order valence-corrected chi connectivity index (χ0v) is 22.7. The third-order valence-electron chi connectivity index (χ3n) is 8.51. The van der Waals surface area contributed by atoms with Crippen LogP contribution in [0.4, 0.5) is 23.2 Å². The number of nitriles is 1. The molecule has 0 radical (unpaired) electrons. The van der Waals surface area contributed by atoms with Gasteiger partial charge in [-0.15, -0.1) is 0 Å². The molecule has 0 spiro atoms. The van der Waals surface area contributed by atoms with Crippen LogP contribution < -0.4 is 27.6 Å². The minimum atomic E-state index is -4.90. The number of amides is 1. The van der Waals surface area contributed by atoms with Crippen molar-refractivity contribution in [3.05, 3.63) is 101 Å². The highest BCUT2D eigenvalue weighted by Gasteiger charge is 2.65. The van der Waals surface area contributed by atoms with E-state index in [0.29, 0.717) is 29.5 Å². The van der Waals surface area contributed by atoms with Crippen LogP contribution in [0.15, 0.2) is 84.1 Å². The summed E-state index contributed by atoms with van der Waals surface area (Å²) in [5.74, 6) is -0.733. The summed E-state index contributed by atoms with van der Waals surface area (Å²) in [7, 11) is 0. The van der Waals surface area contributed by atoms with Crippen LogP contribution in [0.5, 0.6) is 0 Å². The number of alkyl halides is 4. The van der Waals surface area contributed by atoms with Gasteiger partial charge >= 0.3 is 6.18 Å². The van der Waals surface area contributed by atoms with E-state index < -0.39 is 35.0 Å². The van der Waals surface area contributed by atoms with E-state index in [-0.39, 0.29) is 30.1 Å². The Kier molecular flexibility index (Phi) is 7.64. The fraction of sp³-hybridized carbons (Fsp3) is 0.355. The molecule has 1 heterocycles. The number of anilines is 1. The molecule has 5 rings (SSSR count). The summed E-state index contributed by atoms with van der Waals surface area (Å²) in [5.41, 5.74) is 17.0. The Balaban J connectivity index is 1.50. The maximum Gasteiger partial charge on any atom is 0.432 e. The molecule has 1 fully saturated rings. The molecule has 4 unspecified atom stereocenters. The van der Waals surface area contributed by atoms with Crippen LogP contribution in [0.3, 0.4) is 0 Å². The first kappa shape index (κ1) is 29.4. The second-order valence-electron chi connectivity index (χ2n) is 11.1. The smallest absolute Gasteiger partial charge is 0.367 e. The van der Waals surface area contributed by atoms with Crippen molar-refractivity contribution in [2.45, 2.75) is 61.6 Å². The van der Waals surface area contributed by atoms with E-state index in [0.717, 1.165) is 23.4 Å². The van der Waals surface area contributed by atoms with E-state index >= 15 is 4.39 Å². The largest absolute Gasteiger partial charge is 0.432 e. The molecule has 1 saturated carbocycles. The fourth-order valence-electron chi connectivity index (χ4n) is 6.10. The van der Waals surface area contributed by atoms with Crippen LogP contribution in [0.2, 0.25) is 0 Å². The summed E-state index contributed by atoms with van der Waals surface area (Å²) >= 11 is 0. The summed E-state index contributed by atoms with van der Waals surface area (Å²) in [5, 5.41) is 10.0. The average molecular weight is 581 g/mol. The zero-order valence-electron chi connectivity index (χ0n) is 22.7. The highest BCUT2D eigenvalue weighted by Crippen LogP contribution is 2.49. The molecule has 2 aliphatic carbocycles. The minimum Gasteiger partial charge on any atom is -0.367 e. The quantitative estimate of drug-likeness (QED) is 0.323. The number of allylic oxidation sites excluding steroid dienone is 3. The lowest BCUT2D eigenvalue weighted by atomic mass is 9.68. The number of carbonyl (C=O) groups is 1. The van der Waals surface area contributed by atoms with Crippen LogP contribution in [-0.4, -0.2) is 29.3 Å². The van der Waals surface area contributed by atoms with E-state index in [2.05, 4.69) is 11.5 Å². The van der Waals surface area contributed by atoms with Gasteiger partial charge in [0.15, 0.2) is 5.54 Å². The highest BCUT2D eigenvalue weighted by molar-refractivity contribution is 5.95. The third-order valence-corrected chi connectivity index (χ3v) is 8.51. The van der Waals surface area contributed by atoms with Crippen LogP contribution in [0.1, 0.15) is 48.3 Å². The molecule has 1 amide bonds. The molecule has 7 nitrogen and oxygen atoms in total. The highest BCUT2D eigenvalue weighted by atomic mass is 19.4. The van der Waals surface area contributed by atoms with Gasteiger partial charge in [0.05, 0.1) is 17.3 Å². The number of hydrogen-bond acceptors (Lipinski definition) is 6. The van der Waals surface area contributed by atoms with Crippen LogP contribution in [-0.2, 0) is 11.3 Å². The van der Waals surface area contributed by atoms with E-state index in [1.54, 1.807) is 30.3 Å². The Morgan fingerprint density at radius 2 is 1.90 bits per heavy atom. The molecule has 42 heavy (non-hydrogen) atoms. The third kappa shape index (κ3) is 5.05. The maximum absolute atomic E-state index is 16.7. The van der Waals surface area contributed by atoms with Crippen molar-refractivity contribution in [1.29, 1.82) is 5.26 Å². The van der Waals surface area contributed by atoms with Crippen molar-refractivity contribution >= 4 is 11.6 Å².